The maximum atomic E-state index is 2.62. The molecule has 1 aliphatic rings. The second-order valence-electron chi connectivity index (χ2n) is 6.92. The first-order chi connectivity index (χ1) is 6.67. The van der Waals surface area contributed by atoms with E-state index in [2.05, 4.69) is 50.7 Å². The SMILES string of the molecule is C[Si](C)(C)/C=C1\CCC\C1=C/[Si](C)(C)C. The van der Waals surface area contributed by atoms with E-state index in [-0.39, 0.29) is 0 Å². The van der Waals surface area contributed by atoms with Crippen LogP contribution in [0.2, 0.25) is 39.3 Å². The van der Waals surface area contributed by atoms with Crippen LogP contribution < -0.4 is 0 Å². The Labute approximate surface area is 97.5 Å². The monoisotopic (exact) mass is 238 g/mol. The quantitative estimate of drug-likeness (QED) is 0.608. The van der Waals surface area contributed by atoms with Crippen molar-refractivity contribution >= 4 is 16.1 Å². The molecule has 0 amide bonds. The van der Waals surface area contributed by atoms with Gasteiger partial charge in [-0.15, -0.1) is 0 Å². The van der Waals surface area contributed by atoms with Crippen LogP contribution in [0, 0.1) is 0 Å². The van der Waals surface area contributed by atoms with Crippen LogP contribution in [0.15, 0.2) is 22.5 Å². The minimum atomic E-state index is -1.03. The maximum Gasteiger partial charge on any atom is 0.0690 e. The van der Waals surface area contributed by atoms with Crippen molar-refractivity contribution in [2.24, 2.45) is 0 Å². The molecule has 1 rings (SSSR count). The van der Waals surface area contributed by atoms with Gasteiger partial charge < -0.3 is 0 Å². The first-order valence-electron chi connectivity index (χ1n) is 6.11. The summed E-state index contributed by atoms with van der Waals surface area (Å²) < 4.78 is 0. The molecule has 0 aromatic carbocycles. The second-order valence-corrected chi connectivity index (χ2v) is 17.0. The van der Waals surface area contributed by atoms with Crippen LogP contribution in [0.3, 0.4) is 0 Å². The first kappa shape index (κ1) is 13.0. The van der Waals surface area contributed by atoms with E-state index in [1.165, 1.54) is 19.3 Å². The van der Waals surface area contributed by atoms with Crippen molar-refractivity contribution < 1.29 is 0 Å². The molecule has 0 saturated heterocycles. The van der Waals surface area contributed by atoms with Crippen molar-refractivity contribution in [1.82, 2.24) is 0 Å². The average molecular weight is 239 g/mol. The molecule has 0 bridgehead atoms. The molecule has 0 spiro atoms. The van der Waals surface area contributed by atoms with Gasteiger partial charge in [0.1, 0.15) is 0 Å². The van der Waals surface area contributed by atoms with E-state index in [1.807, 2.05) is 0 Å². The Morgan fingerprint density at radius 1 is 0.733 bits per heavy atom. The summed E-state index contributed by atoms with van der Waals surface area (Å²) in [5.74, 6) is 0. The van der Waals surface area contributed by atoms with E-state index in [9.17, 15) is 0 Å². The highest BCUT2D eigenvalue weighted by Crippen LogP contribution is 2.32. The Kier molecular flexibility index (Phi) is 3.82. The molecule has 2 heteroatoms. The zero-order valence-electron chi connectivity index (χ0n) is 11.3. The molecule has 0 N–H and O–H groups in total. The van der Waals surface area contributed by atoms with Gasteiger partial charge in [-0.05, 0) is 19.3 Å². The highest BCUT2D eigenvalue weighted by Gasteiger charge is 2.20. The highest BCUT2D eigenvalue weighted by atomic mass is 28.3. The number of hydrogen-bond acceptors (Lipinski definition) is 0. The fourth-order valence-electron chi connectivity index (χ4n) is 2.17. The summed E-state index contributed by atoms with van der Waals surface area (Å²) >= 11 is 0. The fourth-order valence-corrected chi connectivity index (χ4v) is 4.92. The summed E-state index contributed by atoms with van der Waals surface area (Å²) in [6.07, 6.45) is 4.05. The van der Waals surface area contributed by atoms with Crippen molar-refractivity contribution in [2.45, 2.75) is 58.5 Å². The van der Waals surface area contributed by atoms with Crippen LogP contribution in [0.1, 0.15) is 19.3 Å². The predicted octanol–water partition coefficient (Wildman–Crippen LogP) is 4.78. The molecule has 1 fully saturated rings. The molecule has 0 nitrogen and oxygen atoms in total. The van der Waals surface area contributed by atoms with Gasteiger partial charge in [-0.3, -0.25) is 0 Å². The summed E-state index contributed by atoms with van der Waals surface area (Å²) in [5.41, 5.74) is 8.62. The van der Waals surface area contributed by atoms with Crippen molar-refractivity contribution in [3.8, 4) is 0 Å². The summed E-state index contributed by atoms with van der Waals surface area (Å²) in [5, 5.41) is 0. The van der Waals surface area contributed by atoms with E-state index in [1.54, 1.807) is 11.1 Å². The molecular formula is C13H26Si2. The van der Waals surface area contributed by atoms with E-state index in [4.69, 9.17) is 0 Å². The van der Waals surface area contributed by atoms with Gasteiger partial charge in [0.2, 0.25) is 0 Å². The van der Waals surface area contributed by atoms with Gasteiger partial charge >= 0.3 is 0 Å². The van der Waals surface area contributed by atoms with Crippen molar-refractivity contribution in [3.63, 3.8) is 0 Å². The van der Waals surface area contributed by atoms with Gasteiger partial charge in [-0.1, -0.05) is 61.8 Å². The summed E-state index contributed by atoms with van der Waals surface area (Å²) in [7, 11) is -2.05. The lowest BCUT2D eigenvalue weighted by Crippen LogP contribution is -2.19. The Hall–Kier alpha value is -0.0862. The van der Waals surface area contributed by atoms with Gasteiger partial charge in [0.05, 0.1) is 16.1 Å². The van der Waals surface area contributed by atoms with Gasteiger partial charge in [0, 0.05) is 0 Å². The maximum absolute atomic E-state index is 2.62. The summed E-state index contributed by atoms with van der Waals surface area (Å²) in [4.78, 5) is 0. The second kappa shape index (κ2) is 4.42. The number of hydrogen-bond donors (Lipinski definition) is 0. The average Bonchev–Trinajstić information content (AvgIpc) is 2.29. The van der Waals surface area contributed by atoms with Crippen LogP contribution in [-0.2, 0) is 0 Å². The summed E-state index contributed by atoms with van der Waals surface area (Å²) in [6, 6.07) is 0. The third-order valence-corrected chi connectivity index (χ3v) is 4.95. The van der Waals surface area contributed by atoms with Crippen LogP contribution in [0.25, 0.3) is 0 Å². The molecule has 0 atom stereocenters. The zero-order chi connectivity index (χ0) is 11.7. The largest absolute Gasteiger partial charge is 0.0916 e. The number of rotatable bonds is 2. The van der Waals surface area contributed by atoms with Crippen LogP contribution in [0.5, 0.6) is 0 Å². The Bertz CT molecular complexity index is 255. The molecule has 15 heavy (non-hydrogen) atoms. The zero-order valence-corrected chi connectivity index (χ0v) is 13.3. The highest BCUT2D eigenvalue weighted by molar-refractivity contribution is 6.82. The van der Waals surface area contributed by atoms with E-state index < -0.39 is 16.1 Å². The molecule has 86 valence electrons. The van der Waals surface area contributed by atoms with Crippen molar-refractivity contribution in [2.75, 3.05) is 0 Å². The standard InChI is InChI=1S/C13H26Si2/c1-14(2,3)10-12-8-7-9-13(12)11-15(4,5)6/h10-11H,7-9H2,1-6H3/b12-10+,13-11+. The van der Waals surface area contributed by atoms with E-state index in [0.717, 1.165) is 0 Å². The molecule has 0 heterocycles. The third kappa shape index (κ3) is 4.98. The number of allylic oxidation sites excluding steroid dienone is 2. The minimum Gasteiger partial charge on any atom is -0.0916 e. The lowest BCUT2D eigenvalue weighted by molar-refractivity contribution is 0.933. The predicted molar refractivity (Wildman–Crippen MR) is 76.7 cm³/mol. The van der Waals surface area contributed by atoms with Crippen LogP contribution in [0.4, 0.5) is 0 Å². The third-order valence-electron chi connectivity index (χ3n) is 2.52. The molecule has 1 saturated carbocycles. The van der Waals surface area contributed by atoms with Crippen molar-refractivity contribution in [1.29, 1.82) is 0 Å². The molecule has 0 aromatic heterocycles. The van der Waals surface area contributed by atoms with Crippen LogP contribution in [-0.4, -0.2) is 16.1 Å². The lowest BCUT2D eigenvalue weighted by atomic mass is 10.2. The fraction of sp³-hybridized carbons (Fsp3) is 0.692. The summed E-state index contributed by atoms with van der Waals surface area (Å²) in [6.45, 7) is 14.6. The van der Waals surface area contributed by atoms with E-state index in [0.29, 0.717) is 0 Å². The molecule has 0 aliphatic heterocycles. The van der Waals surface area contributed by atoms with Crippen molar-refractivity contribution in [3.05, 3.63) is 22.5 Å². The Balaban J connectivity index is 2.92. The molecule has 0 unspecified atom stereocenters. The van der Waals surface area contributed by atoms with E-state index >= 15 is 0 Å². The minimum absolute atomic E-state index is 1.03. The normalized spacial score (nSPS) is 24.1. The van der Waals surface area contributed by atoms with Crippen LogP contribution >= 0.6 is 0 Å². The molecular weight excluding hydrogens is 212 g/mol. The van der Waals surface area contributed by atoms with Gasteiger partial charge in [-0.25, -0.2) is 0 Å². The topological polar surface area (TPSA) is 0 Å². The van der Waals surface area contributed by atoms with Gasteiger partial charge in [0.15, 0.2) is 0 Å². The molecule has 1 aliphatic carbocycles. The molecule has 0 radical (unpaired) electrons. The first-order valence-corrected chi connectivity index (χ1v) is 13.3. The Morgan fingerprint density at radius 2 is 1.07 bits per heavy atom. The smallest absolute Gasteiger partial charge is 0.0690 e. The Morgan fingerprint density at radius 3 is 1.33 bits per heavy atom. The van der Waals surface area contributed by atoms with Gasteiger partial charge in [0.25, 0.3) is 0 Å². The lowest BCUT2D eigenvalue weighted by Gasteiger charge is -2.15. The molecule has 0 aromatic rings. The van der Waals surface area contributed by atoms with Gasteiger partial charge in [-0.2, -0.15) is 0 Å².